The summed E-state index contributed by atoms with van der Waals surface area (Å²) in [6.07, 6.45) is 4.75. The first-order valence-corrected chi connectivity index (χ1v) is 8.37. The summed E-state index contributed by atoms with van der Waals surface area (Å²) in [5, 5.41) is 4.33. The molecule has 1 atom stereocenters. The van der Waals surface area contributed by atoms with E-state index < -0.39 is 0 Å². The van der Waals surface area contributed by atoms with Gasteiger partial charge in [0.15, 0.2) is 0 Å². The molecule has 3 nitrogen and oxygen atoms in total. The highest BCUT2D eigenvalue weighted by atomic mass is 35.5. The highest BCUT2D eigenvalue weighted by molar-refractivity contribution is 6.39. The molecule has 114 valence electrons. The quantitative estimate of drug-likeness (QED) is 0.896. The van der Waals surface area contributed by atoms with Gasteiger partial charge in [-0.2, -0.15) is 0 Å². The summed E-state index contributed by atoms with van der Waals surface area (Å²) in [6.45, 7) is 2.61. The van der Waals surface area contributed by atoms with Crippen LogP contribution in [-0.2, 0) is 0 Å². The number of halogens is 2. The Kier molecular flexibility index (Phi) is 4.72. The summed E-state index contributed by atoms with van der Waals surface area (Å²) in [5.41, 5.74) is 0.444. The number of nitrogens with one attached hydrogen (secondary N) is 1. The third kappa shape index (κ3) is 3.71. The molecular weight excluding hydrogens is 307 g/mol. The molecular formula is C16H20Cl2N2O. The van der Waals surface area contributed by atoms with Crippen LogP contribution in [0.4, 0.5) is 0 Å². The maximum atomic E-state index is 12.9. The Morgan fingerprint density at radius 2 is 1.90 bits per heavy atom. The normalized spacial score (nSPS) is 21.5. The van der Waals surface area contributed by atoms with Gasteiger partial charge in [-0.15, -0.1) is 0 Å². The van der Waals surface area contributed by atoms with Crippen LogP contribution >= 0.6 is 23.2 Å². The van der Waals surface area contributed by atoms with Crippen molar-refractivity contribution in [3.63, 3.8) is 0 Å². The molecule has 21 heavy (non-hydrogen) atoms. The molecule has 0 aromatic heterocycles. The minimum absolute atomic E-state index is 0.0359. The van der Waals surface area contributed by atoms with E-state index in [2.05, 4.69) is 5.32 Å². The Balaban J connectivity index is 1.78. The maximum Gasteiger partial charge on any atom is 0.256 e. The van der Waals surface area contributed by atoms with Crippen LogP contribution in [0.25, 0.3) is 0 Å². The van der Waals surface area contributed by atoms with E-state index in [4.69, 9.17) is 23.2 Å². The van der Waals surface area contributed by atoms with E-state index in [0.717, 1.165) is 26.1 Å². The Bertz CT molecular complexity index is 505. The maximum absolute atomic E-state index is 12.9. The first-order valence-electron chi connectivity index (χ1n) is 7.62. The first kappa shape index (κ1) is 15.1. The third-order valence-electron chi connectivity index (χ3n) is 4.24. The van der Waals surface area contributed by atoms with E-state index in [0.29, 0.717) is 27.6 Å². The van der Waals surface area contributed by atoms with E-state index in [1.54, 1.807) is 18.2 Å². The zero-order valence-corrected chi connectivity index (χ0v) is 13.5. The lowest BCUT2D eigenvalue weighted by Crippen LogP contribution is -2.42. The van der Waals surface area contributed by atoms with Crippen molar-refractivity contribution in [2.75, 3.05) is 19.6 Å². The van der Waals surface area contributed by atoms with Gasteiger partial charge >= 0.3 is 0 Å². The molecule has 1 saturated carbocycles. The molecule has 0 bridgehead atoms. The van der Waals surface area contributed by atoms with Crippen molar-refractivity contribution in [2.45, 2.75) is 31.7 Å². The van der Waals surface area contributed by atoms with Gasteiger partial charge in [0.1, 0.15) is 0 Å². The summed E-state index contributed by atoms with van der Waals surface area (Å²) in [4.78, 5) is 14.8. The zero-order chi connectivity index (χ0) is 14.8. The molecule has 1 aromatic rings. The fourth-order valence-electron chi connectivity index (χ4n) is 2.89. The highest BCUT2D eigenvalue weighted by Gasteiger charge is 2.31. The standard InChI is InChI=1S/C16H20Cl2N2O/c17-13-4-1-5-14(18)15(13)16(21)20(9-11-6-7-11)10-12-3-2-8-19-12/h1,4-5,11-12,19H,2-3,6-10H2. The van der Waals surface area contributed by atoms with Crippen molar-refractivity contribution in [3.05, 3.63) is 33.8 Å². The van der Waals surface area contributed by atoms with Gasteiger partial charge in [0, 0.05) is 19.1 Å². The predicted octanol–water partition coefficient (Wildman–Crippen LogP) is 3.60. The van der Waals surface area contributed by atoms with Crippen molar-refractivity contribution >= 4 is 29.1 Å². The number of hydrogen-bond donors (Lipinski definition) is 1. The number of hydrogen-bond acceptors (Lipinski definition) is 2. The van der Waals surface area contributed by atoms with Crippen LogP contribution in [0.5, 0.6) is 0 Å². The van der Waals surface area contributed by atoms with Crippen LogP contribution in [0.15, 0.2) is 18.2 Å². The molecule has 1 amide bonds. The Morgan fingerprint density at radius 3 is 2.48 bits per heavy atom. The zero-order valence-electron chi connectivity index (χ0n) is 11.9. The predicted molar refractivity (Wildman–Crippen MR) is 86.1 cm³/mol. The van der Waals surface area contributed by atoms with E-state index in [-0.39, 0.29) is 5.91 Å². The van der Waals surface area contributed by atoms with Crippen molar-refractivity contribution in [3.8, 4) is 0 Å². The minimum atomic E-state index is -0.0359. The summed E-state index contributed by atoms with van der Waals surface area (Å²) >= 11 is 12.4. The Hall–Kier alpha value is -0.770. The monoisotopic (exact) mass is 326 g/mol. The van der Waals surface area contributed by atoms with Crippen LogP contribution in [0, 0.1) is 5.92 Å². The van der Waals surface area contributed by atoms with Crippen molar-refractivity contribution in [1.82, 2.24) is 10.2 Å². The van der Waals surface area contributed by atoms with Gasteiger partial charge in [-0.25, -0.2) is 0 Å². The number of benzene rings is 1. The number of carbonyl (C=O) groups is 1. The number of nitrogens with zero attached hydrogens (tertiary/aromatic N) is 1. The van der Waals surface area contributed by atoms with Gasteiger partial charge in [0.2, 0.25) is 0 Å². The molecule has 3 rings (SSSR count). The minimum Gasteiger partial charge on any atom is -0.337 e. The van der Waals surface area contributed by atoms with E-state index in [1.807, 2.05) is 4.90 Å². The molecule has 1 aliphatic heterocycles. The summed E-state index contributed by atoms with van der Waals surface area (Å²) in [6, 6.07) is 5.62. The highest BCUT2D eigenvalue weighted by Crippen LogP contribution is 2.32. The lowest BCUT2D eigenvalue weighted by atomic mass is 10.1. The second kappa shape index (κ2) is 6.55. The van der Waals surface area contributed by atoms with Gasteiger partial charge < -0.3 is 10.2 Å². The summed E-state index contributed by atoms with van der Waals surface area (Å²) in [5.74, 6) is 0.614. The topological polar surface area (TPSA) is 32.3 Å². The Labute approximate surface area is 135 Å². The average molecular weight is 327 g/mol. The van der Waals surface area contributed by atoms with Crippen molar-refractivity contribution < 1.29 is 4.79 Å². The molecule has 1 heterocycles. The van der Waals surface area contributed by atoms with Gasteiger partial charge in [-0.1, -0.05) is 29.3 Å². The first-order chi connectivity index (χ1) is 10.1. The van der Waals surface area contributed by atoms with Crippen LogP contribution in [0.1, 0.15) is 36.0 Å². The lowest BCUT2D eigenvalue weighted by Gasteiger charge is -2.26. The average Bonchev–Trinajstić information content (AvgIpc) is 3.11. The van der Waals surface area contributed by atoms with Gasteiger partial charge in [0.25, 0.3) is 5.91 Å². The molecule has 1 aliphatic carbocycles. The number of amides is 1. The van der Waals surface area contributed by atoms with E-state index in [1.165, 1.54) is 19.3 Å². The third-order valence-corrected chi connectivity index (χ3v) is 4.87. The molecule has 0 radical (unpaired) electrons. The SMILES string of the molecule is O=C(c1c(Cl)cccc1Cl)N(CC1CC1)CC1CCCN1. The van der Waals surface area contributed by atoms with Crippen molar-refractivity contribution in [2.24, 2.45) is 5.92 Å². The molecule has 1 saturated heterocycles. The van der Waals surface area contributed by atoms with Gasteiger partial charge in [-0.3, -0.25) is 4.79 Å². The summed E-state index contributed by atoms with van der Waals surface area (Å²) < 4.78 is 0. The van der Waals surface area contributed by atoms with Crippen LogP contribution in [0.3, 0.4) is 0 Å². The van der Waals surface area contributed by atoms with Crippen molar-refractivity contribution in [1.29, 1.82) is 0 Å². The second-order valence-electron chi connectivity index (χ2n) is 6.04. The molecule has 2 fully saturated rings. The van der Waals surface area contributed by atoms with Crippen LogP contribution < -0.4 is 5.32 Å². The molecule has 5 heteroatoms. The number of carbonyl (C=O) groups excluding carboxylic acids is 1. The molecule has 1 aromatic carbocycles. The number of rotatable bonds is 5. The summed E-state index contributed by atoms with van der Waals surface area (Å²) in [7, 11) is 0. The van der Waals surface area contributed by atoms with Crippen LogP contribution in [-0.4, -0.2) is 36.5 Å². The fourth-order valence-corrected chi connectivity index (χ4v) is 3.45. The largest absolute Gasteiger partial charge is 0.337 e. The molecule has 2 aliphatic rings. The van der Waals surface area contributed by atoms with E-state index >= 15 is 0 Å². The molecule has 1 unspecified atom stereocenters. The van der Waals surface area contributed by atoms with Crippen LogP contribution in [0.2, 0.25) is 10.0 Å². The molecule has 1 N–H and O–H groups in total. The lowest BCUT2D eigenvalue weighted by molar-refractivity contribution is 0.0734. The second-order valence-corrected chi connectivity index (χ2v) is 6.86. The van der Waals surface area contributed by atoms with Gasteiger partial charge in [0.05, 0.1) is 15.6 Å². The van der Waals surface area contributed by atoms with Gasteiger partial charge in [-0.05, 0) is 50.3 Å². The molecule has 0 spiro atoms. The Morgan fingerprint density at radius 1 is 1.19 bits per heavy atom. The fraction of sp³-hybridized carbons (Fsp3) is 0.562. The smallest absolute Gasteiger partial charge is 0.256 e. The van der Waals surface area contributed by atoms with E-state index in [9.17, 15) is 4.79 Å².